The number of rotatable bonds is 1. The Morgan fingerprint density at radius 3 is 2.93 bits per heavy atom. The highest BCUT2D eigenvalue weighted by atomic mass is 35.5. The number of imidazole rings is 1. The Hall–Kier alpha value is -1.33. The summed E-state index contributed by atoms with van der Waals surface area (Å²) >= 11 is 11.3. The summed E-state index contributed by atoms with van der Waals surface area (Å²) in [6, 6.07) is 0. The SMILES string of the molecule is Nc1ncnc2c1ncn2/C(Cl)=C\Cl. The van der Waals surface area contributed by atoms with Crippen molar-refractivity contribution in [1.82, 2.24) is 19.5 Å². The van der Waals surface area contributed by atoms with Crippen LogP contribution >= 0.6 is 23.2 Å². The van der Waals surface area contributed by atoms with Crippen molar-refractivity contribution in [2.24, 2.45) is 0 Å². The first kappa shape index (κ1) is 9.23. The van der Waals surface area contributed by atoms with Crippen molar-refractivity contribution < 1.29 is 0 Å². The molecule has 0 aromatic carbocycles. The van der Waals surface area contributed by atoms with Crippen LogP contribution in [0.3, 0.4) is 0 Å². The van der Waals surface area contributed by atoms with Gasteiger partial charge in [0, 0.05) is 5.54 Å². The second-order valence-electron chi connectivity index (χ2n) is 2.48. The number of anilines is 1. The molecule has 2 heterocycles. The van der Waals surface area contributed by atoms with Gasteiger partial charge in [0.2, 0.25) is 0 Å². The lowest BCUT2D eigenvalue weighted by Crippen LogP contribution is -1.95. The van der Waals surface area contributed by atoms with E-state index >= 15 is 0 Å². The van der Waals surface area contributed by atoms with Crippen LogP contribution in [0, 0.1) is 0 Å². The van der Waals surface area contributed by atoms with Gasteiger partial charge < -0.3 is 5.73 Å². The molecule has 2 aromatic rings. The molecule has 0 atom stereocenters. The van der Waals surface area contributed by atoms with Crippen molar-refractivity contribution in [2.45, 2.75) is 0 Å². The Labute approximate surface area is 89.2 Å². The van der Waals surface area contributed by atoms with E-state index in [1.54, 1.807) is 0 Å². The smallest absolute Gasteiger partial charge is 0.170 e. The van der Waals surface area contributed by atoms with Crippen molar-refractivity contribution in [3.63, 3.8) is 0 Å². The van der Waals surface area contributed by atoms with Gasteiger partial charge in [-0.3, -0.25) is 4.57 Å². The summed E-state index contributed by atoms with van der Waals surface area (Å²) in [5.41, 5.74) is 7.84. The third kappa shape index (κ3) is 1.30. The highest BCUT2D eigenvalue weighted by Crippen LogP contribution is 2.20. The third-order valence-corrected chi connectivity index (χ3v) is 2.29. The van der Waals surface area contributed by atoms with E-state index in [1.807, 2.05) is 0 Å². The lowest BCUT2D eigenvalue weighted by Gasteiger charge is -1.98. The fraction of sp³-hybridized carbons (Fsp3) is 0. The van der Waals surface area contributed by atoms with Crippen LogP contribution in [-0.2, 0) is 0 Å². The Morgan fingerprint density at radius 1 is 1.43 bits per heavy atom. The van der Waals surface area contributed by atoms with Gasteiger partial charge in [0.25, 0.3) is 0 Å². The summed E-state index contributed by atoms with van der Waals surface area (Å²) in [6.07, 6.45) is 2.82. The fourth-order valence-corrected chi connectivity index (χ4v) is 1.29. The summed E-state index contributed by atoms with van der Waals surface area (Å²) in [5, 5.41) is 0.298. The maximum atomic E-state index is 5.81. The highest BCUT2D eigenvalue weighted by molar-refractivity contribution is 6.50. The molecule has 0 aliphatic carbocycles. The van der Waals surface area contributed by atoms with E-state index < -0.39 is 0 Å². The molecular weight excluding hydrogens is 225 g/mol. The van der Waals surface area contributed by atoms with Crippen molar-refractivity contribution in [2.75, 3.05) is 5.73 Å². The maximum Gasteiger partial charge on any atom is 0.170 e. The van der Waals surface area contributed by atoms with Gasteiger partial charge in [-0.2, -0.15) is 0 Å². The molecule has 0 unspecified atom stereocenters. The molecule has 5 nitrogen and oxygen atoms in total. The lowest BCUT2D eigenvalue weighted by molar-refractivity contribution is 1.11. The van der Waals surface area contributed by atoms with Crippen LogP contribution in [0.25, 0.3) is 16.3 Å². The molecule has 0 spiro atoms. The van der Waals surface area contributed by atoms with E-state index in [9.17, 15) is 0 Å². The predicted octanol–water partition coefficient (Wildman–Crippen LogP) is 1.64. The monoisotopic (exact) mass is 229 g/mol. The Kier molecular flexibility index (Phi) is 2.26. The largest absolute Gasteiger partial charge is 0.382 e. The summed E-state index contributed by atoms with van der Waals surface area (Å²) in [5.74, 6) is 0.313. The Bertz CT molecular complexity index is 504. The number of aromatic nitrogens is 4. The second-order valence-corrected chi connectivity index (χ2v) is 3.08. The zero-order chi connectivity index (χ0) is 10.1. The van der Waals surface area contributed by atoms with Gasteiger partial charge in [-0.05, 0) is 0 Å². The molecule has 0 saturated carbocycles. The minimum Gasteiger partial charge on any atom is -0.382 e. The van der Waals surface area contributed by atoms with Gasteiger partial charge in [0.05, 0.1) is 0 Å². The third-order valence-electron chi connectivity index (χ3n) is 1.68. The Morgan fingerprint density at radius 2 is 2.21 bits per heavy atom. The molecule has 0 saturated heterocycles. The minimum absolute atomic E-state index is 0.298. The summed E-state index contributed by atoms with van der Waals surface area (Å²) in [6.45, 7) is 0. The van der Waals surface area contributed by atoms with E-state index in [2.05, 4.69) is 15.0 Å². The van der Waals surface area contributed by atoms with Crippen LogP contribution in [-0.4, -0.2) is 19.5 Å². The number of fused-ring (bicyclic) bond motifs is 1. The quantitative estimate of drug-likeness (QED) is 0.808. The molecule has 0 amide bonds. The number of nitrogen functional groups attached to an aromatic ring is 1. The first-order chi connectivity index (χ1) is 6.74. The highest BCUT2D eigenvalue weighted by Gasteiger charge is 2.08. The predicted molar refractivity (Wildman–Crippen MR) is 55.7 cm³/mol. The first-order valence-corrected chi connectivity index (χ1v) is 4.45. The molecule has 2 rings (SSSR count). The van der Waals surface area contributed by atoms with Crippen LogP contribution in [0.15, 0.2) is 18.2 Å². The van der Waals surface area contributed by atoms with Gasteiger partial charge in [-0.25, -0.2) is 15.0 Å². The van der Waals surface area contributed by atoms with Crippen LogP contribution in [0.5, 0.6) is 0 Å². The molecule has 7 heteroatoms. The number of hydrogen-bond donors (Lipinski definition) is 1. The zero-order valence-electron chi connectivity index (χ0n) is 6.85. The van der Waals surface area contributed by atoms with Gasteiger partial charge in [0.1, 0.15) is 17.8 Å². The lowest BCUT2D eigenvalue weighted by atomic mass is 10.5. The normalized spacial score (nSPS) is 12.3. The minimum atomic E-state index is 0.298. The van der Waals surface area contributed by atoms with Crippen LogP contribution in [0.1, 0.15) is 0 Å². The zero-order valence-corrected chi connectivity index (χ0v) is 8.37. The Balaban J connectivity index is 2.76. The molecule has 2 N–H and O–H groups in total. The molecule has 0 radical (unpaired) electrons. The van der Waals surface area contributed by atoms with Crippen LogP contribution < -0.4 is 5.73 Å². The number of nitrogens with zero attached hydrogens (tertiary/aromatic N) is 4. The molecule has 14 heavy (non-hydrogen) atoms. The average molecular weight is 230 g/mol. The van der Waals surface area contributed by atoms with Crippen molar-refractivity contribution in [3.8, 4) is 0 Å². The standard InChI is InChI=1S/C7H5Cl2N5/c8-1-4(9)14-3-13-5-6(10)11-2-12-7(5)14/h1-3H,(H2,10,11,12)/b4-1-. The van der Waals surface area contributed by atoms with Crippen molar-refractivity contribution >= 4 is 45.3 Å². The molecule has 2 aromatic heterocycles. The van der Waals surface area contributed by atoms with Gasteiger partial charge in [-0.1, -0.05) is 23.2 Å². The van der Waals surface area contributed by atoms with E-state index in [0.29, 0.717) is 22.1 Å². The number of hydrogen-bond acceptors (Lipinski definition) is 4. The number of nitrogens with two attached hydrogens (primary N) is 1. The molecular formula is C7H5Cl2N5. The molecule has 72 valence electrons. The van der Waals surface area contributed by atoms with Gasteiger partial charge >= 0.3 is 0 Å². The maximum absolute atomic E-state index is 5.81. The summed E-state index contributed by atoms with van der Waals surface area (Å²) in [4.78, 5) is 11.8. The van der Waals surface area contributed by atoms with Crippen LogP contribution in [0.2, 0.25) is 0 Å². The fourth-order valence-electron chi connectivity index (χ4n) is 1.06. The van der Waals surface area contributed by atoms with E-state index in [-0.39, 0.29) is 0 Å². The summed E-state index contributed by atoms with van der Waals surface area (Å²) < 4.78 is 1.52. The second kappa shape index (κ2) is 3.43. The van der Waals surface area contributed by atoms with Crippen molar-refractivity contribution in [1.29, 1.82) is 0 Å². The van der Waals surface area contributed by atoms with Gasteiger partial charge in [0.15, 0.2) is 17.0 Å². The van der Waals surface area contributed by atoms with E-state index in [0.717, 1.165) is 0 Å². The summed E-state index contributed by atoms with van der Waals surface area (Å²) in [7, 11) is 0. The molecule has 0 bridgehead atoms. The van der Waals surface area contributed by atoms with Crippen molar-refractivity contribution in [3.05, 3.63) is 18.2 Å². The number of halogens is 2. The molecule has 0 aliphatic heterocycles. The van der Waals surface area contributed by atoms with Crippen LogP contribution in [0.4, 0.5) is 5.82 Å². The first-order valence-electron chi connectivity index (χ1n) is 3.64. The van der Waals surface area contributed by atoms with E-state index in [1.165, 1.54) is 22.8 Å². The molecule has 0 aliphatic rings. The topological polar surface area (TPSA) is 69.6 Å². The average Bonchev–Trinajstić information content (AvgIpc) is 2.62. The van der Waals surface area contributed by atoms with E-state index in [4.69, 9.17) is 28.9 Å². The molecule has 0 fully saturated rings. The van der Waals surface area contributed by atoms with Gasteiger partial charge in [-0.15, -0.1) is 0 Å².